The standard InChI is InChI=1S/C28H33F2N3O2/c1-7-28(8-2)13-20(24-15-32-18(5)31(6)14-23(32)27(34)35-24)19-12-21(29)17(4)26(30)25(19)22-11-16(3)9-10-33(22)28/h9-12,14,20,24H,7-8,13,15H2,1-6H3/q+2. The predicted octanol–water partition coefficient (Wildman–Crippen LogP) is 4.71. The molecule has 0 radical (unpaired) electrons. The highest BCUT2D eigenvalue weighted by atomic mass is 19.1. The van der Waals surface area contributed by atoms with Crippen LogP contribution in [-0.2, 0) is 23.9 Å². The zero-order valence-electron chi connectivity index (χ0n) is 21.3. The molecule has 0 fully saturated rings. The fourth-order valence-electron chi connectivity index (χ4n) is 6.06. The number of carbonyl (C=O) groups is 1. The van der Waals surface area contributed by atoms with Crippen molar-refractivity contribution in [1.29, 1.82) is 0 Å². The molecule has 2 unspecified atom stereocenters. The second kappa shape index (κ2) is 8.25. The number of hydrogen-bond donors (Lipinski definition) is 0. The number of cyclic esters (lactones) is 1. The summed E-state index contributed by atoms with van der Waals surface area (Å²) in [6.45, 7) is 10.1. The van der Waals surface area contributed by atoms with Crippen molar-refractivity contribution >= 4 is 5.97 Å². The number of fused-ring (bicyclic) bond motifs is 4. The van der Waals surface area contributed by atoms with Gasteiger partial charge in [-0.15, -0.1) is 0 Å². The average Bonchev–Trinajstić information content (AvgIpc) is 3.06. The van der Waals surface area contributed by atoms with E-state index < -0.39 is 23.7 Å². The van der Waals surface area contributed by atoms with Crippen molar-refractivity contribution in [2.45, 2.75) is 78.0 Å². The second-order valence-corrected chi connectivity index (χ2v) is 10.2. The molecule has 0 saturated carbocycles. The lowest BCUT2D eigenvalue weighted by Crippen LogP contribution is -2.57. The van der Waals surface area contributed by atoms with Crippen LogP contribution < -0.4 is 9.13 Å². The number of nitrogens with zero attached hydrogens (tertiary/aromatic N) is 3. The topological polar surface area (TPSA) is 39.0 Å². The zero-order chi connectivity index (χ0) is 25.2. The maximum Gasteiger partial charge on any atom is 0.382 e. The summed E-state index contributed by atoms with van der Waals surface area (Å²) in [5, 5.41) is 0. The van der Waals surface area contributed by atoms with E-state index in [-0.39, 0.29) is 17.0 Å². The summed E-state index contributed by atoms with van der Waals surface area (Å²) in [5.41, 5.74) is 2.91. The molecule has 2 aliphatic rings. The van der Waals surface area contributed by atoms with Crippen LogP contribution >= 0.6 is 0 Å². The van der Waals surface area contributed by atoms with Gasteiger partial charge < -0.3 is 4.74 Å². The van der Waals surface area contributed by atoms with Gasteiger partial charge in [0.25, 0.3) is 11.5 Å². The minimum Gasteiger partial charge on any atom is -0.451 e. The van der Waals surface area contributed by atoms with Crippen molar-refractivity contribution in [3.05, 3.63) is 70.4 Å². The van der Waals surface area contributed by atoms with Gasteiger partial charge in [0.1, 0.15) is 30.5 Å². The number of halogens is 2. The minimum absolute atomic E-state index is 0.00672. The molecule has 5 nitrogen and oxygen atoms in total. The van der Waals surface area contributed by atoms with E-state index in [9.17, 15) is 4.79 Å². The first-order chi connectivity index (χ1) is 16.6. The number of benzene rings is 1. The molecule has 0 aliphatic carbocycles. The Morgan fingerprint density at radius 3 is 2.57 bits per heavy atom. The fourth-order valence-corrected chi connectivity index (χ4v) is 6.06. The largest absolute Gasteiger partial charge is 0.451 e. The van der Waals surface area contributed by atoms with Crippen molar-refractivity contribution in [2.24, 2.45) is 7.05 Å². The number of aromatic nitrogens is 3. The first kappa shape index (κ1) is 23.6. The Bertz CT molecular complexity index is 1360. The lowest BCUT2D eigenvalue weighted by molar-refractivity contribution is -0.757. The van der Waals surface area contributed by atoms with Crippen LogP contribution in [0.1, 0.15) is 72.0 Å². The molecular formula is C28H33F2N3O2+2. The molecule has 0 saturated heterocycles. The lowest BCUT2D eigenvalue weighted by Gasteiger charge is -2.33. The van der Waals surface area contributed by atoms with Crippen LogP contribution in [-0.4, -0.2) is 16.6 Å². The van der Waals surface area contributed by atoms with Crippen LogP contribution in [0.25, 0.3) is 11.3 Å². The molecule has 2 aliphatic heterocycles. The highest BCUT2D eigenvalue weighted by Gasteiger charge is 2.50. The summed E-state index contributed by atoms with van der Waals surface area (Å²) in [5.74, 6) is -0.958. The Morgan fingerprint density at radius 1 is 1.17 bits per heavy atom. The molecule has 0 spiro atoms. The Hall–Kier alpha value is -3.09. The minimum atomic E-state index is -0.572. The quantitative estimate of drug-likeness (QED) is 0.401. The van der Waals surface area contributed by atoms with Gasteiger partial charge in [0, 0.05) is 49.8 Å². The molecule has 0 N–H and O–H groups in total. The van der Waals surface area contributed by atoms with E-state index in [1.807, 2.05) is 48.4 Å². The Labute approximate surface area is 205 Å². The van der Waals surface area contributed by atoms with Gasteiger partial charge in [0.05, 0.1) is 12.6 Å². The Balaban J connectivity index is 1.78. The monoisotopic (exact) mass is 481 g/mol. The van der Waals surface area contributed by atoms with E-state index in [2.05, 4.69) is 18.4 Å². The summed E-state index contributed by atoms with van der Waals surface area (Å²) in [7, 11) is 1.90. The van der Waals surface area contributed by atoms with Gasteiger partial charge in [-0.25, -0.2) is 22.7 Å². The first-order valence-corrected chi connectivity index (χ1v) is 12.4. The normalized spacial score (nSPS) is 20.5. The van der Waals surface area contributed by atoms with Crippen molar-refractivity contribution in [3.63, 3.8) is 0 Å². The number of pyridine rings is 1. The fraction of sp³-hybridized carbons (Fsp3) is 0.464. The molecule has 0 amide bonds. The average molecular weight is 482 g/mol. The number of carbonyl (C=O) groups excluding carboxylic acids is 1. The second-order valence-electron chi connectivity index (χ2n) is 10.2. The maximum atomic E-state index is 15.9. The SMILES string of the molecule is CCC1(CC)CC(C2Cn3c(c[n+](C)c3C)C(=O)O2)c2cc(F)c(C)c(F)c2-c2cc(C)cc[n+]21. The molecule has 35 heavy (non-hydrogen) atoms. The molecule has 1 aromatic carbocycles. The van der Waals surface area contributed by atoms with Crippen molar-refractivity contribution in [3.8, 4) is 11.3 Å². The van der Waals surface area contributed by atoms with Crippen LogP contribution in [0.5, 0.6) is 0 Å². The van der Waals surface area contributed by atoms with Gasteiger partial charge in [0.2, 0.25) is 5.69 Å². The molecular weight excluding hydrogens is 448 g/mol. The van der Waals surface area contributed by atoms with Gasteiger partial charge in [-0.2, -0.15) is 4.57 Å². The molecule has 4 heterocycles. The summed E-state index contributed by atoms with van der Waals surface area (Å²) < 4.78 is 43.1. The predicted molar refractivity (Wildman–Crippen MR) is 127 cm³/mol. The van der Waals surface area contributed by atoms with E-state index in [0.29, 0.717) is 29.8 Å². The van der Waals surface area contributed by atoms with Gasteiger partial charge in [-0.1, -0.05) is 13.8 Å². The van der Waals surface area contributed by atoms with E-state index >= 15 is 8.78 Å². The first-order valence-electron chi connectivity index (χ1n) is 12.4. The number of imidazole rings is 1. The number of aryl methyl sites for hydroxylation is 2. The van der Waals surface area contributed by atoms with Crippen LogP contribution in [0.15, 0.2) is 30.6 Å². The molecule has 184 valence electrons. The molecule has 7 heteroatoms. The number of hydrogen-bond acceptors (Lipinski definition) is 2. The Morgan fingerprint density at radius 2 is 1.89 bits per heavy atom. The van der Waals surface area contributed by atoms with Crippen molar-refractivity contribution in [1.82, 2.24) is 4.57 Å². The molecule has 3 aromatic rings. The highest BCUT2D eigenvalue weighted by Crippen LogP contribution is 2.46. The van der Waals surface area contributed by atoms with Gasteiger partial charge in [0.15, 0.2) is 11.7 Å². The summed E-state index contributed by atoms with van der Waals surface area (Å²) in [6, 6.07) is 5.50. The molecule has 2 aromatic heterocycles. The maximum absolute atomic E-state index is 15.9. The smallest absolute Gasteiger partial charge is 0.382 e. The van der Waals surface area contributed by atoms with Crippen LogP contribution in [0, 0.1) is 32.4 Å². The lowest BCUT2D eigenvalue weighted by atomic mass is 9.77. The highest BCUT2D eigenvalue weighted by molar-refractivity contribution is 5.88. The van der Waals surface area contributed by atoms with E-state index in [4.69, 9.17) is 4.74 Å². The molecule has 5 rings (SSSR count). The third kappa shape index (κ3) is 3.42. The van der Waals surface area contributed by atoms with Crippen molar-refractivity contribution in [2.75, 3.05) is 0 Å². The van der Waals surface area contributed by atoms with E-state index in [1.54, 1.807) is 6.20 Å². The third-order valence-electron chi connectivity index (χ3n) is 8.46. The molecule has 2 atom stereocenters. The number of ether oxygens (including phenoxy) is 1. The van der Waals surface area contributed by atoms with Crippen molar-refractivity contribution < 1.29 is 27.4 Å². The van der Waals surface area contributed by atoms with Gasteiger partial charge in [-0.05, 0) is 31.0 Å². The number of rotatable bonds is 3. The van der Waals surface area contributed by atoms with Crippen LogP contribution in [0.2, 0.25) is 0 Å². The zero-order valence-corrected chi connectivity index (χ0v) is 21.3. The summed E-state index contributed by atoms with van der Waals surface area (Å²) in [4.78, 5) is 13.0. The third-order valence-corrected chi connectivity index (χ3v) is 8.46. The van der Waals surface area contributed by atoms with Crippen LogP contribution in [0.3, 0.4) is 0 Å². The summed E-state index contributed by atoms with van der Waals surface area (Å²) >= 11 is 0. The summed E-state index contributed by atoms with van der Waals surface area (Å²) in [6.07, 6.45) is 5.48. The Kier molecular flexibility index (Phi) is 5.57. The van der Waals surface area contributed by atoms with Gasteiger partial charge >= 0.3 is 5.97 Å². The number of esters is 1. The van der Waals surface area contributed by atoms with E-state index in [0.717, 1.165) is 29.9 Å². The molecule has 0 bridgehead atoms. The van der Waals surface area contributed by atoms with Gasteiger partial charge in [-0.3, -0.25) is 0 Å². The van der Waals surface area contributed by atoms with E-state index in [1.165, 1.54) is 13.0 Å². The van der Waals surface area contributed by atoms with Crippen LogP contribution in [0.4, 0.5) is 8.78 Å².